The molecule has 0 heterocycles. The average molecular weight is 245 g/mol. The second-order valence-corrected chi connectivity index (χ2v) is 4.55. The predicted molar refractivity (Wildman–Crippen MR) is 52.0 cm³/mol. The molecule has 0 amide bonds. The highest BCUT2D eigenvalue weighted by molar-refractivity contribution is 9.10. The lowest BCUT2D eigenvalue weighted by atomic mass is 10.1. The first-order valence-electron chi connectivity index (χ1n) is 4.25. The molecule has 1 aliphatic rings. The van der Waals surface area contributed by atoms with E-state index in [4.69, 9.17) is 0 Å². The fraction of sp³-hybridized carbons (Fsp3) is 0.400. The van der Waals surface area contributed by atoms with Crippen LogP contribution in [0.15, 0.2) is 22.7 Å². The fourth-order valence-electron chi connectivity index (χ4n) is 1.34. The molecule has 0 aliphatic heterocycles. The minimum atomic E-state index is -0.616. The Bertz CT molecular complexity index is 334. The van der Waals surface area contributed by atoms with Crippen molar-refractivity contribution < 1.29 is 9.50 Å². The van der Waals surface area contributed by atoms with E-state index in [2.05, 4.69) is 15.9 Å². The zero-order valence-corrected chi connectivity index (χ0v) is 8.64. The lowest BCUT2D eigenvalue weighted by Gasteiger charge is -2.08. The minimum absolute atomic E-state index is 0.241. The highest BCUT2D eigenvalue weighted by atomic mass is 79.9. The van der Waals surface area contributed by atoms with E-state index in [1.54, 1.807) is 12.1 Å². The van der Waals surface area contributed by atoms with Gasteiger partial charge in [-0.1, -0.05) is 22.0 Å². The molecule has 1 saturated carbocycles. The van der Waals surface area contributed by atoms with Crippen LogP contribution in [0, 0.1) is 5.82 Å². The van der Waals surface area contributed by atoms with Gasteiger partial charge >= 0.3 is 0 Å². The third-order valence-corrected chi connectivity index (χ3v) is 2.86. The lowest BCUT2D eigenvalue weighted by molar-refractivity contribution is 0.149. The van der Waals surface area contributed by atoms with Crippen LogP contribution in [0.1, 0.15) is 18.4 Å². The molecule has 1 aliphatic carbocycles. The van der Waals surface area contributed by atoms with Crippen molar-refractivity contribution >= 4 is 15.9 Å². The van der Waals surface area contributed by atoms with Crippen LogP contribution in [0.3, 0.4) is 0 Å². The van der Waals surface area contributed by atoms with Crippen LogP contribution in [0.5, 0.6) is 0 Å². The van der Waals surface area contributed by atoms with E-state index < -0.39 is 5.60 Å². The summed E-state index contributed by atoms with van der Waals surface area (Å²) in [6.45, 7) is 0. The standard InChI is InChI=1S/C10H10BrFO/c11-8-2-1-7(9(12)5-8)6-10(13)3-4-10/h1-2,5,13H,3-4,6H2. The van der Waals surface area contributed by atoms with Crippen molar-refractivity contribution in [1.29, 1.82) is 0 Å². The van der Waals surface area contributed by atoms with E-state index in [1.807, 2.05) is 0 Å². The summed E-state index contributed by atoms with van der Waals surface area (Å²) in [6.07, 6.45) is 2.02. The Kier molecular flexibility index (Phi) is 2.16. The fourth-order valence-corrected chi connectivity index (χ4v) is 1.67. The number of hydrogen-bond donors (Lipinski definition) is 1. The van der Waals surface area contributed by atoms with Crippen molar-refractivity contribution in [1.82, 2.24) is 0 Å². The summed E-state index contributed by atoms with van der Waals surface area (Å²) in [6, 6.07) is 4.95. The number of rotatable bonds is 2. The molecule has 1 fully saturated rings. The van der Waals surface area contributed by atoms with Crippen LogP contribution in [0.2, 0.25) is 0 Å². The maximum Gasteiger partial charge on any atom is 0.127 e. The van der Waals surface area contributed by atoms with Crippen LogP contribution in [0.25, 0.3) is 0 Å². The Balaban J connectivity index is 2.20. The molecule has 2 rings (SSSR count). The van der Waals surface area contributed by atoms with Gasteiger partial charge in [0.2, 0.25) is 0 Å². The molecular weight excluding hydrogens is 235 g/mol. The number of aliphatic hydroxyl groups is 1. The van der Waals surface area contributed by atoms with Crippen LogP contribution >= 0.6 is 15.9 Å². The second-order valence-electron chi connectivity index (χ2n) is 3.64. The van der Waals surface area contributed by atoms with Crippen LogP contribution in [-0.2, 0) is 6.42 Å². The minimum Gasteiger partial charge on any atom is -0.390 e. The molecule has 0 bridgehead atoms. The van der Waals surface area contributed by atoms with Crippen LogP contribution in [0.4, 0.5) is 4.39 Å². The van der Waals surface area contributed by atoms with Gasteiger partial charge < -0.3 is 5.11 Å². The summed E-state index contributed by atoms with van der Waals surface area (Å²) >= 11 is 3.19. The Labute approximate surface area is 84.7 Å². The second kappa shape index (κ2) is 3.07. The summed E-state index contributed by atoms with van der Waals surface area (Å²) in [5.74, 6) is -0.241. The van der Waals surface area contributed by atoms with Gasteiger partial charge in [0.25, 0.3) is 0 Å². The van der Waals surface area contributed by atoms with Crippen molar-refractivity contribution in [3.05, 3.63) is 34.1 Å². The molecule has 13 heavy (non-hydrogen) atoms. The lowest BCUT2D eigenvalue weighted by Crippen LogP contribution is -2.11. The summed E-state index contributed by atoms with van der Waals surface area (Å²) in [5, 5.41) is 9.60. The van der Waals surface area contributed by atoms with Gasteiger partial charge in [-0.3, -0.25) is 0 Å². The highest BCUT2D eigenvalue weighted by Gasteiger charge is 2.40. The normalized spacial score (nSPS) is 18.7. The zero-order valence-electron chi connectivity index (χ0n) is 7.06. The number of benzene rings is 1. The van der Waals surface area contributed by atoms with Crippen molar-refractivity contribution in [2.45, 2.75) is 24.9 Å². The van der Waals surface area contributed by atoms with E-state index in [-0.39, 0.29) is 5.82 Å². The monoisotopic (exact) mass is 244 g/mol. The Morgan fingerprint density at radius 1 is 1.46 bits per heavy atom. The Hall–Kier alpha value is -0.410. The van der Waals surface area contributed by atoms with Gasteiger partial charge in [0.1, 0.15) is 5.82 Å². The first-order valence-corrected chi connectivity index (χ1v) is 5.05. The highest BCUT2D eigenvalue weighted by Crippen LogP contribution is 2.38. The van der Waals surface area contributed by atoms with Gasteiger partial charge in [0.05, 0.1) is 5.60 Å². The molecule has 1 aromatic carbocycles. The van der Waals surface area contributed by atoms with E-state index in [9.17, 15) is 9.50 Å². The van der Waals surface area contributed by atoms with Crippen molar-refractivity contribution in [3.63, 3.8) is 0 Å². The zero-order chi connectivity index (χ0) is 9.47. The molecule has 1 aromatic rings. The molecule has 1 N–H and O–H groups in total. The molecule has 0 aromatic heterocycles. The molecule has 70 valence electrons. The summed E-state index contributed by atoms with van der Waals surface area (Å²) in [7, 11) is 0. The summed E-state index contributed by atoms with van der Waals surface area (Å²) in [4.78, 5) is 0. The van der Waals surface area contributed by atoms with Crippen molar-refractivity contribution in [3.8, 4) is 0 Å². The summed E-state index contributed by atoms with van der Waals surface area (Å²) < 4.78 is 14.0. The SMILES string of the molecule is OC1(Cc2ccc(Br)cc2F)CC1. The third kappa shape index (κ3) is 2.09. The van der Waals surface area contributed by atoms with Gasteiger partial charge in [-0.25, -0.2) is 4.39 Å². The molecule has 1 nitrogen and oxygen atoms in total. The molecule has 3 heteroatoms. The van der Waals surface area contributed by atoms with Crippen molar-refractivity contribution in [2.75, 3.05) is 0 Å². The maximum absolute atomic E-state index is 13.3. The molecule has 0 radical (unpaired) electrons. The van der Waals surface area contributed by atoms with Crippen LogP contribution in [-0.4, -0.2) is 10.7 Å². The molecular formula is C10H10BrFO. The van der Waals surface area contributed by atoms with E-state index in [0.29, 0.717) is 12.0 Å². The average Bonchev–Trinajstić information content (AvgIpc) is 2.75. The maximum atomic E-state index is 13.3. The predicted octanol–water partition coefficient (Wildman–Crippen LogP) is 2.66. The van der Waals surface area contributed by atoms with E-state index in [1.165, 1.54) is 6.07 Å². The Morgan fingerprint density at radius 2 is 2.15 bits per heavy atom. The molecule has 0 spiro atoms. The Morgan fingerprint density at radius 3 is 2.69 bits per heavy atom. The number of halogens is 2. The van der Waals surface area contributed by atoms with Gasteiger partial charge in [-0.2, -0.15) is 0 Å². The first kappa shape index (κ1) is 9.16. The number of hydrogen-bond acceptors (Lipinski definition) is 1. The molecule has 0 saturated heterocycles. The van der Waals surface area contributed by atoms with E-state index >= 15 is 0 Å². The van der Waals surface area contributed by atoms with Gasteiger partial charge in [-0.05, 0) is 30.5 Å². The third-order valence-electron chi connectivity index (χ3n) is 2.36. The first-order chi connectivity index (χ1) is 6.09. The van der Waals surface area contributed by atoms with Gasteiger partial charge in [-0.15, -0.1) is 0 Å². The topological polar surface area (TPSA) is 20.2 Å². The smallest absolute Gasteiger partial charge is 0.127 e. The molecule has 0 atom stereocenters. The van der Waals surface area contributed by atoms with E-state index in [0.717, 1.165) is 17.3 Å². The largest absolute Gasteiger partial charge is 0.390 e. The van der Waals surface area contributed by atoms with Crippen LogP contribution < -0.4 is 0 Å². The van der Waals surface area contributed by atoms with Gasteiger partial charge in [0.15, 0.2) is 0 Å². The quantitative estimate of drug-likeness (QED) is 0.849. The molecule has 0 unspecified atom stereocenters. The summed E-state index contributed by atoms with van der Waals surface area (Å²) in [5.41, 5.74) is -0.0162. The van der Waals surface area contributed by atoms with Gasteiger partial charge in [0, 0.05) is 10.9 Å². The van der Waals surface area contributed by atoms with Crippen molar-refractivity contribution in [2.24, 2.45) is 0 Å².